The number of anilines is 2. The quantitative estimate of drug-likeness (QED) is 0.399. The summed E-state index contributed by atoms with van der Waals surface area (Å²) in [5, 5.41) is 3.32. The van der Waals surface area contributed by atoms with E-state index in [9.17, 15) is 9.18 Å². The van der Waals surface area contributed by atoms with Crippen molar-refractivity contribution in [1.82, 2.24) is 20.7 Å². The van der Waals surface area contributed by atoms with Crippen LogP contribution in [0.2, 0.25) is 0 Å². The molecule has 0 saturated carbocycles. The summed E-state index contributed by atoms with van der Waals surface area (Å²) in [5.41, 5.74) is 10.2. The third kappa shape index (κ3) is 7.10. The molecule has 0 bridgehead atoms. The van der Waals surface area contributed by atoms with E-state index in [-0.39, 0.29) is 18.2 Å². The van der Waals surface area contributed by atoms with Crippen LogP contribution in [0.4, 0.5) is 15.8 Å². The van der Waals surface area contributed by atoms with E-state index in [4.69, 9.17) is 4.74 Å². The number of nitrogens with one attached hydrogen (secondary N) is 3. The van der Waals surface area contributed by atoms with Gasteiger partial charge in [-0.2, -0.15) is 4.99 Å². The van der Waals surface area contributed by atoms with E-state index in [2.05, 4.69) is 48.8 Å². The second-order valence-electron chi connectivity index (χ2n) is 8.76. The highest BCUT2D eigenvalue weighted by Gasteiger charge is 2.27. The first-order valence-corrected chi connectivity index (χ1v) is 12.2. The van der Waals surface area contributed by atoms with Gasteiger partial charge in [-0.25, -0.2) is 14.4 Å². The second kappa shape index (κ2) is 12.7. The van der Waals surface area contributed by atoms with Crippen molar-refractivity contribution in [1.29, 1.82) is 0 Å². The van der Waals surface area contributed by atoms with Crippen LogP contribution >= 0.6 is 0 Å². The molecule has 1 amide bonds. The summed E-state index contributed by atoms with van der Waals surface area (Å²) >= 11 is 0. The number of hydrogen-bond acceptors (Lipinski definition) is 9. The molecule has 4 rings (SSSR count). The summed E-state index contributed by atoms with van der Waals surface area (Å²) in [6.45, 7) is 9.72. The number of pyridine rings is 1. The molecule has 3 N–H and O–H groups in total. The Morgan fingerprint density at radius 1 is 1.24 bits per heavy atom. The number of amides is 1. The molecular weight excluding hydrogens is 487 g/mol. The summed E-state index contributed by atoms with van der Waals surface area (Å²) in [5.74, 6) is -0.0320. The van der Waals surface area contributed by atoms with Gasteiger partial charge in [-0.05, 0) is 60.9 Å². The van der Waals surface area contributed by atoms with Gasteiger partial charge in [-0.15, -0.1) is 0 Å². The Morgan fingerprint density at radius 2 is 2.05 bits per heavy atom. The third-order valence-electron chi connectivity index (χ3n) is 5.86. The molecule has 0 aliphatic carbocycles. The number of morpholine rings is 1. The Hall–Kier alpha value is -4.38. The number of benzene rings is 1. The number of hydrogen-bond donors (Lipinski definition) is 3. The Labute approximate surface area is 221 Å². The lowest BCUT2D eigenvalue weighted by Gasteiger charge is -2.32. The van der Waals surface area contributed by atoms with Crippen molar-refractivity contribution >= 4 is 40.9 Å². The fraction of sp³-hybridized carbons (Fsp3) is 0.296. The van der Waals surface area contributed by atoms with Crippen LogP contribution in [0.15, 0.2) is 70.4 Å². The van der Waals surface area contributed by atoms with Crippen LogP contribution in [0, 0.1) is 6.92 Å². The smallest absolute Gasteiger partial charge is 0.288 e. The van der Waals surface area contributed by atoms with Gasteiger partial charge in [0, 0.05) is 31.2 Å². The molecule has 198 valence electrons. The van der Waals surface area contributed by atoms with Crippen LogP contribution in [0.25, 0.3) is 5.57 Å². The number of hydrazine groups is 1. The van der Waals surface area contributed by atoms with Crippen LogP contribution in [0.3, 0.4) is 0 Å². The maximum Gasteiger partial charge on any atom is 0.288 e. The van der Waals surface area contributed by atoms with E-state index < -0.39 is 12.1 Å². The molecule has 1 aromatic heterocycles. The number of nitrogens with zero attached hydrogens (tertiary/aromatic N) is 5. The third-order valence-corrected chi connectivity index (χ3v) is 5.86. The maximum absolute atomic E-state index is 14.3. The van der Waals surface area contributed by atoms with E-state index in [1.54, 1.807) is 24.5 Å². The van der Waals surface area contributed by atoms with Crippen molar-refractivity contribution in [3.63, 3.8) is 0 Å². The number of carbonyl (C=O) groups is 1. The first-order valence-electron chi connectivity index (χ1n) is 12.2. The lowest BCUT2D eigenvalue weighted by Crippen LogP contribution is -2.49. The van der Waals surface area contributed by atoms with Gasteiger partial charge < -0.3 is 15.0 Å². The number of alkyl halides is 1. The Balaban J connectivity index is 1.36. The van der Waals surface area contributed by atoms with Crippen LogP contribution in [-0.2, 0) is 4.74 Å². The van der Waals surface area contributed by atoms with Crippen LogP contribution < -0.4 is 16.2 Å². The molecule has 3 heterocycles. The standard InChI is InChI=1S/C27H31FN8O2/c1-4-29-8-7-19(3)20-13-18(2)14-22(15-20)32-21-5-6-24(30-16-21)26(37)34-35-27-31-17-23(28)25(33-27)36-9-11-38-12-10-36/h4-8,13-16,23,32H,1,9-12,17H2,2-3H3,(H,31,35)(H,34,37)/b19-7+,29-8?. The van der Waals surface area contributed by atoms with Gasteiger partial charge in [0.2, 0.25) is 5.96 Å². The maximum atomic E-state index is 14.3. The minimum atomic E-state index is -1.29. The van der Waals surface area contributed by atoms with Gasteiger partial charge in [-0.3, -0.25) is 20.6 Å². The fourth-order valence-corrected chi connectivity index (χ4v) is 3.93. The second-order valence-corrected chi connectivity index (χ2v) is 8.76. The summed E-state index contributed by atoms with van der Waals surface area (Å²) < 4.78 is 19.7. The highest BCUT2D eigenvalue weighted by molar-refractivity contribution is 6.01. The fourth-order valence-electron chi connectivity index (χ4n) is 3.93. The normalized spacial score (nSPS) is 18.0. The number of halogens is 1. The Kier molecular flexibility index (Phi) is 8.94. The van der Waals surface area contributed by atoms with Gasteiger partial charge in [0.05, 0.1) is 31.6 Å². The number of aliphatic imine (C=N–C) groups is 3. The zero-order valence-corrected chi connectivity index (χ0v) is 21.4. The predicted molar refractivity (Wildman–Crippen MR) is 149 cm³/mol. The number of aryl methyl sites for hydroxylation is 1. The molecule has 1 atom stereocenters. The highest BCUT2D eigenvalue weighted by Crippen LogP contribution is 2.23. The molecule has 10 nitrogen and oxygen atoms in total. The van der Waals surface area contributed by atoms with Gasteiger partial charge in [0.15, 0.2) is 6.17 Å². The van der Waals surface area contributed by atoms with Crippen molar-refractivity contribution in [3.05, 3.63) is 72.2 Å². The van der Waals surface area contributed by atoms with Crippen molar-refractivity contribution < 1.29 is 13.9 Å². The van der Waals surface area contributed by atoms with E-state index in [1.807, 2.05) is 37.0 Å². The number of guanidine groups is 1. The molecule has 2 aromatic rings. The number of allylic oxidation sites excluding steroid dienone is 2. The number of aromatic nitrogens is 1. The topological polar surface area (TPSA) is 116 Å². The molecule has 1 fully saturated rings. The first-order chi connectivity index (χ1) is 18.4. The first kappa shape index (κ1) is 26.7. The average Bonchev–Trinajstić information content (AvgIpc) is 2.93. The number of carbonyl (C=O) groups excluding carboxylic acids is 1. The number of ether oxygens (including phenoxy) is 1. The molecule has 1 saturated heterocycles. The van der Waals surface area contributed by atoms with Crippen molar-refractivity contribution in [2.24, 2.45) is 15.0 Å². The average molecular weight is 519 g/mol. The molecule has 0 radical (unpaired) electrons. The van der Waals surface area contributed by atoms with E-state index in [0.29, 0.717) is 32.1 Å². The zero-order valence-electron chi connectivity index (χ0n) is 21.4. The predicted octanol–water partition coefficient (Wildman–Crippen LogP) is 3.42. The lowest BCUT2D eigenvalue weighted by atomic mass is 10.0. The van der Waals surface area contributed by atoms with Crippen molar-refractivity contribution in [2.45, 2.75) is 20.0 Å². The Morgan fingerprint density at radius 3 is 2.79 bits per heavy atom. The molecule has 1 unspecified atom stereocenters. The minimum Gasteiger partial charge on any atom is -0.378 e. The van der Waals surface area contributed by atoms with Crippen molar-refractivity contribution in [3.8, 4) is 0 Å². The molecule has 0 spiro atoms. The summed E-state index contributed by atoms with van der Waals surface area (Å²) in [6, 6.07) is 9.52. The van der Waals surface area contributed by atoms with Crippen LogP contribution in [0.5, 0.6) is 0 Å². The summed E-state index contributed by atoms with van der Waals surface area (Å²) in [7, 11) is 0. The number of rotatable bonds is 6. The monoisotopic (exact) mass is 518 g/mol. The molecule has 2 aliphatic rings. The van der Waals surface area contributed by atoms with E-state index in [0.717, 1.165) is 28.1 Å². The largest absolute Gasteiger partial charge is 0.378 e. The van der Waals surface area contributed by atoms with Crippen molar-refractivity contribution in [2.75, 3.05) is 38.2 Å². The van der Waals surface area contributed by atoms with E-state index >= 15 is 0 Å². The van der Waals surface area contributed by atoms with Crippen LogP contribution in [0.1, 0.15) is 28.5 Å². The molecule has 38 heavy (non-hydrogen) atoms. The SMILES string of the molecule is C=CN=C/C=C(\C)c1cc(C)cc(Nc2ccc(C(=O)NNC3=NCC(F)C(N4CCOCC4)=N3)nc2)c1. The summed E-state index contributed by atoms with van der Waals surface area (Å²) in [6.07, 6.45) is 5.41. The molecule has 1 aromatic carbocycles. The molecule has 2 aliphatic heterocycles. The Bertz CT molecular complexity index is 1280. The van der Waals surface area contributed by atoms with Gasteiger partial charge in [-0.1, -0.05) is 12.6 Å². The minimum absolute atomic E-state index is 0.0641. The summed E-state index contributed by atoms with van der Waals surface area (Å²) in [4.78, 5) is 31.0. The molecule has 11 heteroatoms. The molecular formula is C27H31FN8O2. The van der Waals surface area contributed by atoms with Crippen LogP contribution in [-0.4, -0.2) is 72.8 Å². The van der Waals surface area contributed by atoms with Gasteiger partial charge in [0.1, 0.15) is 11.5 Å². The van der Waals surface area contributed by atoms with Gasteiger partial charge in [0.25, 0.3) is 5.91 Å². The van der Waals surface area contributed by atoms with Gasteiger partial charge >= 0.3 is 0 Å². The van der Waals surface area contributed by atoms with E-state index in [1.165, 1.54) is 6.20 Å². The number of amidine groups is 1. The highest BCUT2D eigenvalue weighted by atomic mass is 19.1. The lowest BCUT2D eigenvalue weighted by molar-refractivity contribution is 0.0651. The zero-order chi connectivity index (χ0) is 26.9.